The van der Waals surface area contributed by atoms with Crippen LogP contribution in [0.2, 0.25) is 0 Å². The van der Waals surface area contributed by atoms with Crippen LogP contribution in [0.5, 0.6) is 5.75 Å². The van der Waals surface area contributed by atoms with Crippen molar-refractivity contribution in [3.05, 3.63) is 68.5 Å². The molecule has 8 heteroatoms. The molecule has 1 atom stereocenters. The molecule has 0 bridgehead atoms. The summed E-state index contributed by atoms with van der Waals surface area (Å²) >= 11 is 2.89. The van der Waals surface area contributed by atoms with E-state index in [2.05, 4.69) is 10.6 Å². The Hall–Kier alpha value is -2.68. The molecule has 0 radical (unpaired) electrons. The van der Waals surface area contributed by atoms with E-state index in [9.17, 15) is 14.7 Å². The number of hydrogen-bond acceptors (Lipinski definition) is 6. The number of ether oxygens (including phenoxy) is 1. The van der Waals surface area contributed by atoms with E-state index in [4.69, 9.17) is 4.74 Å². The van der Waals surface area contributed by atoms with Gasteiger partial charge in [-0.2, -0.15) is 0 Å². The number of rotatable bonds is 7. The maximum atomic E-state index is 12.0. The third kappa shape index (κ3) is 5.19. The zero-order valence-corrected chi connectivity index (χ0v) is 16.8. The first-order valence-electron chi connectivity index (χ1n) is 8.69. The van der Waals surface area contributed by atoms with Gasteiger partial charge in [0.1, 0.15) is 11.9 Å². The van der Waals surface area contributed by atoms with Crippen LogP contribution < -0.4 is 15.4 Å². The lowest BCUT2D eigenvalue weighted by Crippen LogP contribution is -2.34. The van der Waals surface area contributed by atoms with E-state index in [1.54, 1.807) is 24.3 Å². The van der Waals surface area contributed by atoms with Gasteiger partial charge in [0.05, 0.1) is 13.2 Å². The number of aliphatic hydroxyl groups excluding tert-OH is 1. The lowest BCUT2D eigenvalue weighted by atomic mass is 10.2. The smallest absolute Gasteiger partial charge is 0.313 e. The normalized spacial score (nSPS) is 11.6. The lowest BCUT2D eigenvalue weighted by Gasteiger charge is -2.07. The first kappa shape index (κ1) is 20.1. The van der Waals surface area contributed by atoms with Gasteiger partial charge in [0.15, 0.2) is 0 Å². The molecule has 2 amide bonds. The van der Waals surface area contributed by atoms with Crippen LogP contribution in [0.15, 0.2) is 53.9 Å². The average Bonchev–Trinajstić information content (AvgIpc) is 3.39. The van der Waals surface area contributed by atoms with Crippen molar-refractivity contribution < 1.29 is 19.4 Å². The third-order valence-electron chi connectivity index (χ3n) is 3.82. The number of carbonyl (C=O) groups is 2. The summed E-state index contributed by atoms with van der Waals surface area (Å²) in [6, 6.07) is 14.2. The summed E-state index contributed by atoms with van der Waals surface area (Å²) in [6.45, 7) is 2.67. The standard InChI is InChI=1S/C20H20N2O4S2/c1-2-26-14-7-5-13(6-8-14)22-20(25)19(24)21-12-15-9-10-17(28-15)18(23)16-4-3-11-27-16/h3-11,18,23H,2,12H2,1H3,(H,21,24)(H,22,25). The Morgan fingerprint density at radius 2 is 1.86 bits per heavy atom. The van der Waals surface area contributed by atoms with E-state index < -0.39 is 17.9 Å². The van der Waals surface area contributed by atoms with Gasteiger partial charge in [-0.3, -0.25) is 9.59 Å². The number of amides is 2. The Balaban J connectivity index is 1.50. The molecule has 3 N–H and O–H groups in total. The second kappa shape index (κ2) is 9.50. The van der Waals surface area contributed by atoms with Crippen molar-refractivity contribution in [3.63, 3.8) is 0 Å². The monoisotopic (exact) mass is 416 g/mol. The van der Waals surface area contributed by atoms with Crippen LogP contribution in [0, 0.1) is 0 Å². The van der Waals surface area contributed by atoms with Gasteiger partial charge in [-0.1, -0.05) is 6.07 Å². The highest BCUT2D eigenvalue weighted by molar-refractivity contribution is 7.12. The van der Waals surface area contributed by atoms with Crippen LogP contribution in [0.25, 0.3) is 0 Å². The van der Waals surface area contributed by atoms with Gasteiger partial charge in [-0.15, -0.1) is 22.7 Å². The summed E-state index contributed by atoms with van der Waals surface area (Å²) in [7, 11) is 0. The summed E-state index contributed by atoms with van der Waals surface area (Å²) in [5.41, 5.74) is 0.515. The minimum Gasteiger partial charge on any atom is -0.494 e. The quantitative estimate of drug-likeness (QED) is 0.514. The number of aliphatic hydroxyl groups is 1. The summed E-state index contributed by atoms with van der Waals surface area (Å²) in [4.78, 5) is 26.6. The Morgan fingerprint density at radius 3 is 2.54 bits per heavy atom. The molecule has 0 fully saturated rings. The predicted molar refractivity (Wildman–Crippen MR) is 111 cm³/mol. The Morgan fingerprint density at radius 1 is 1.07 bits per heavy atom. The number of nitrogens with one attached hydrogen (secondary N) is 2. The number of thiophene rings is 2. The predicted octanol–water partition coefficient (Wildman–Crippen LogP) is 3.54. The third-order valence-corrected chi connectivity index (χ3v) is 5.88. The summed E-state index contributed by atoms with van der Waals surface area (Å²) < 4.78 is 5.34. The van der Waals surface area contributed by atoms with E-state index in [0.29, 0.717) is 18.0 Å². The van der Waals surface area contributed by atoms with Crippen LogP contribution >= 0.6 is 22.7 Å². The number of benzene rings is 1. The van der Waals surface area contributed by atoms with Crippen LogP contribution in [-0.4, -0.2) is 23.5 Å². The Kier molecular flexibility index (Phi) is 6.80. The minimum atomic E-state index is -0.737. The number of hydrogen-bond donors (Lipinski definition) is 3. The Bertz CT molecular complexity index is 920. The molecule has 6 nitrogen and oxygen atoms in total. The number of carbonyl (C=O) groups excluding carboxylic acids is 2. The van der Waals surface area contributed by atoms with Crippen LogP contribution in [0.3, 0.4) is 0 Å². The SMILES string of the molecule is CCOc1ccc(NC(=O)C(=O)NCc2ccc(C(O)c3cccs3)s2)cc1. The molecule has 0 spiro atoms. The van der Waals surface area contributed by atoms with Gasteiger partial charge >= 0.3 is 11.8 Å². The molecule has 2 heterocycles. The molecule has 0 saturated heterocycles. The molecule has 28 heavy (non-hydrogen) atoms. The zero-order chi connectivity index (χ0) is 19.9. The highest BCUT2D eigenvalue weighted by atomic mass is 32.1. The molecule has 3 rings (SSSR count). The molecule has 1 aromatic carbocycles. The molecule has 1 unspecified atom stereocenters. The molecule has 3 aromatic rings. The molecule has 146 valence electrons. The van der Waals surface area contributed by atoms with E-state index in [-0.39, 0.29) is 6.54 Å². The highest BCUT2D eigenvalue weighted by Crippen LogP contribution is 2.30. The van der Waals surface area contributed by atoms with Crippen molar-refractivity contribution in [2.24, 2.45) is 0 Å². The zero-order valence-electron chi connectivity index (χ0n) is 15.2. The fourth-order valence-electron chi connectivity index (χ4n) is 2.46. The van der Waals surface area contributed by atoms with Crippen molar-refractivity contribution in [2.45, 2.75) is 19.6 Å². The molecular formula is C20H20N2O4S2. The van der Waals surface area contributed by atoms with Gasteiger partial charge in [0.2, 0.25) is 0 Å². The first-order chi connectivity index (χ1) is 13.6. The molecule has 0 aliphatic rings. The molecule has 2 aromatic heterocycles. The fraction of sp³-hybridized carbons (Fsp3) is 0.200. The topological polar surface area (TPSA) is 87.7 Å². The molecular weight excluding hydrogens is 396 g/mol. The van der Waals surface area contributed by atoms with Crippen molar-refractivity contribution in [1.82, 2.24) is 5.32 Å². The van der Waals surface area contributed by atoms with E-state index in [0.717, 1.165) is 14.6 Å². The van der Waals surface area contributed by atoms with Crippen molar-refractivity contribution in [3.8, 4) is 5.75 Å². The molecule has 0 aliphatic heterocycles. The highest BCUT2D eigenvalue weighted by Gasteiger charge is 2.16. The average molecular weight is 417 g/mol. The number of anilines is 1. The van der Waals surface area contributed by atoms with Crippen LogP contribution in [-0.2, 0) is 16.1 Å². The van der Waals surface area contributed by atoms with Gasteiger partial charge in [0.25, 0.3) is 0 Å². The fourth-order valence-corrected chi connectivity index (χ4v) is 4.22. The maximum absolute atomic E-state index is 12.0. The lowest BCUT2D eigenvalue weighted by molar-refractivity contribution is -0.136. The first-order valence-corrected chi connectivity index (χ1v) is 10.4. The van der Waals surface area contributed by atoms with Crippen molar-refractivity contribution >= 4 is 40.2 Å². The van der Waals surface area contributed by atoms with Crippen LogP contribution in [0.4, 0.5) is 5.69 Å². The van der Waals surface area contributed by atoms with Crippen molar-refractivity contribution in [1.29, 1.82) is 0 Å². The van der Waals surface area contributed by atoms with Gasteiger partial charge < -0.3 is 20.5 Å². The van der Waals surface area contributed by atoms with E-state index in [1.165, 1.54) is 22.7 Å². The Labute approximate surface area is 170 Å². The minimum absolute atomic E-state index is 0.220. The second-order valence-corrected chi connectivity index (χ2v) is 8.00. The van der Waals surface area contributed by atoms with E-state index in [1.807, 2.05) is 36.6 Å². The van der Waals surface area contributed by atoms with Crippen LogP contribution in [0.1, 0.15) is 27.7 Å². The van der Waals surface area contributed by atoms with Gasteiger partial charge in [0, 0.05) is 20.3 Å². The molecule has 0 saturated carbocycles. The summed E-state index contributed by atoms with van der Waals surface area (Å²) in [5.74, 6) is -0.759. The largest absolute Gasteiger partial charge is 0.494 e. The maximum Gasteiger partial charge on any atom is 0.313 e. The van der Waals surface area contributed by atoms with Gasteiger partial charge in [-0.25, -0.2) is 0 Å². The molecule has 0 aliphatic carbocycles. The summed E-state index contributed by atoms with van der Waals surface area (Å²) in [5, 5.41) is 17.4. The van der Waals surface area contributed by atoms with Crippen molar-refractivity contribution in [2.75, 3.05) is 11.9 Å². The second-order valence-electron chi connectivity index (χ2n) is 5.82. The summed E-state index contributed by atoms with van der Waals surface area (Å²) in [6.07, 6.45) is -0.669. The van der Waals surface area contributed by atoms with Gasteiger partial charge in [-0.05, 0) is 54.8 Å². The van der Waals surface area contributed by atoms with E-state index >= 15 is 0 Å².